The van der Waals surface area contributed by atoms with Crippen molar-refractivity contribution in [3.05, 3.63) is 70.3 Å². The first-order chi connectivity index (χ1) is 9.68. The Morgan fingerprint density at radius 2 is 1.90 bits per heavy atom. The quantitative estimate of drug-likeness (QED) is 0.875. The predicted octanol–water partition coefficient (Wildman–Crippen LogP) is 3.22. The molecule has 0 spiro atoms. The zero-order valence-electron chi connectivity index (χ0n) is 12.1. The molecule has 0 fully saturated rings. The Bertz CT molecular complexity index is 621. The normalized spacial score (nSPS) is 19.4. The first-order valence-corrected chi connectivity index (χ1v) is 7.24. The first-order valence-electron chi connectivity index (χ1n) is 7.24. The van der Waals surface area contributed by atoms with Gasteiger partial charge in [-0.25, -0.2) is 0 Å². The summed E-state index contributed by atoms with van der Waals surface area (Å²) >= 11 is 0. The molecular weight excluding hydrogens is 246 g/mol. The second-order valence-electron chi connectivity index (χ2n) is 5.61. The fourth-order valence-electron chi connectivity index (χ4n) is 3.09. The maximum absolute atomic E-state index is 10.8. The van der Waals surface area contributed by atoms with Crippen LogP contribution in [0, 0.1) is 13.8 Å². The molecule has 0 radical (unpaired) electrons. The second kappa shape index (κ2) is 5.39. The third-order valence-electron chi connectivity index (χ3n) is 4.43. The van der Waals surface area contributed by atoms with Crippen molar-refractivity contribution in [2.75, 3.05) is 6.54 Å². The molecule has 0 saturated carbocycles. The summed E-state index contributed by atoms with van der Waals surface area (Å²) in [5.74, 6) is 0. The van der Waals surface area contributed by atoms with Gasteiger partial charge in [-0.3, -0.25) is 0 Å². The third kappa shape index (κ3) is 2.26. The van der Waals surface area contributed by atoms with Crippen LogP contribution in [0.3, 0.4) is 0 Å². The van der Waals surface area contributed by atoms with Gasteiger partial charge < -0.3 is 10.4 Å². The first kappa shape index (κ1) is 13.3. The molecule has 0 saturated heterocycles. The fourth-order valence-corrected chi connectivity index (χ4v) is 3.09. The summed E-state index contributed by atoms with van der Waals surface area (Å²) in [6.45, 7) is 5.10. The van der Waals surface area contributed by atoms with E-state index in [4.69, 9.17) is 0 Å². The number of hydrogen-bond donors (Lipinski definition) is 2. The highest BCUT2D eigenvalue weighted by atomic mass is 16.3. The number of nitrogens with one attached hydrogen (secondary N) is 1. The molecule has 2 atom stereocenters. The van der Waals surface area contributed by atoms with Crippen molar-refractivity contribution in [3.8, 4) is 0 Å². The zero-order chi connectivity index (χ0) is 14.1. The lowest BCUT2D eigenvalue weighted by Crippen LogP contribution is -2.34. The average Bonchev–Trinajstić information content (AvgIpc) is 2.49. The number of fused-ring (bicyclic) bond motifs is 1. The van der Waals surface area contributed by atoms with Crippen LogP contribution in [-0.4, -0.2) is 11.7 Å². The number of rotatable bonds is 2. The minimum Gasteiger partial charge on any atom is -0.386 e. The lowest BCUT2D eigenvalue weighted by Gasteiger charge is -2.31. The van der Waals surface area contributed by atoms with E-state index in [2.05, 4.69) is 49.5 Å². The van der Waals surface area contributed by atoms with Gasteiger partial charge in [-0.2, -0.15) is 0 Å². The SMILES string of the molecule is Cc1cccc(C(O)C2NCCc3ccccc32)c1C. The second-order valence-corrected chi connectivity index (χ2v) is 5.61. The zero-order valence-corrected chi connectivity index (χ0v) is 12.1. The molecule has 0 bridgehead atoms. The molecular formula is C18H21NO. The fraction of sp³-hybridized carbons (Fsp3) is 0.333. The van der Waals surface area contributed by atoms with Gasteiger partial charge in [0, 0.05) is 0 Å². The molecule has 1 heterocycles. The third-order valence-corrected chi connectivity index (χ3v) is 4.43. The smallest absolute Gasteiger partial charge is 0.0987 e. The highest BCUT2D eigenvalue weighted by Gasteiger charge is 2.28. The van der Waals surface area contributed by atoms with E-state index in [0.29, 0.717) is 0 Å². The summed E-state index contributed by atoms with van der Waals surface area (Å²) in [5.41, 5.74) is 6.02. The van der Waals surface area contributed by atoms with Crippen LogP contribution < -0.4 is 5.32 Å². The van der Waals surface area contributed by atoms with Crippen LogP contribution in [0.4, 0.5) is 0 Å². The van der Waals surface area contributed by atoms with Gasteiger partial charge in [0.2, 0.25) is 0 Å². The lowest BCUT2D eigenvalue weighted by atomic mass is 9.86. The highest BCUT2D eigenvalue weighted by molar-refractivity contribution is 5.39. The summed E-state index contributed by atoms with van der Waals surface area (Å²) in [6.07, 6.45) is 0.531. The molecule has 0 amide bonds. The molecule has 2 aromatic carbocycles. The summed E-state index contributed by atoms with van der Waals surface area (Å²) in [7, 11) is 0. The Labute approximate surface area is 120 Å². The molecule has 1 aliphatic heterocycles. The van der Waals surface area contributed by atoms with Crippen LogP contribution in [-0.2, 0) is 6.42 Å². The Hall–Kier alpha value is -1.64. The van der Waals surface area contributed by atoms with E-state index in [9.17, 15) is 5.11 Å². The Morgan fingerprint density at radius 3 is 2.75 bits per heavy atom. The number of aryl methyl sites for hydroxylation is 1. The summed E-state index contributed by atoms with van der Waals surface area (Å²) in [5, 5.41) is 14.3. The maximum atomic E-state index is 10.8. The van der Waals surface area contributed by atoms with Gasteiger partial charge in [0.05, 0.1) is 12.1 Å². The molecule has 2 heteroatoms. The molecule has 0 aromatic heterocycles. The summed E-state index contributed by atoms with van der Waals surface area (Å²) in [4.78, 5) is 0. The van der Waals surface area contributed by atoms with Gasteiger partial charge in [0.25, 0.3) is 0 Å². The summed E-state index contributed by atoms with van der Waals surface area (Å²) in [6, 6.07) is 14.6. The molecule has 0 aliphatic carbocycles. The van der Waals surface area contributed by atoms with Crippen molar-refractivity contribution >= 4 is 0 Å². The van der Waals surface area contributed by atoms with E-state index in [0.717, 1.165) is 18.5 Å². The number of aliphatic hydroxyl groups excluding tert-OH is 1. The van der Waals surface area contributed by atoms with Crippen LogP contribution in [0.25, 0.3) is 0 Å². The van der Waals surface area contributed by atoms with Gasteiger partial charge in [0.15, 0.2) is 0 Å². The van der Waals surface area contributed by atoms with Gasteiger partial charge in [-0.05, 0) is 54.6 Å². The molecule has 2 nitrogen and oxygen atoms in total. The molecule has 3 rings (SSSR count). The van der Waals surface area contributed by atoms with Crippen molar-refractivity contribution in [2.24, 2.45) is 0 Å². The Kier molecular flexibility index (Phi) is 3.60. The molecule has 20 heavy (non-hydrogen) atoms. The lowest BCUT2D eigenvalue weighted by molar-refractivity contribution is 0.125. The number of aliphatic hydroxyl groups is 1. The van der Waals surface area contributed by atoms with Crippen LogP contribution in [0.5, 0.6) is 0 Å². The van der Waals surface area contributed by atoms with Crippen molar-refractivity contribution in [1.82, 2.24) is 5.32 Å². The number of hydrogen-bond acceptors (Lipinski definition) is 2. The van der Waals surface area contributed by atoms with E-state index < -0.39 is 6.10 Å². The van der Waals surface area contributed by atoms with Gasteiger partial charge in [-0.15, -0.1) is 0 Å². The van der Waals surface area contributed by atoms with Crippen molar-refractivity contribution in [2.45, 2.75) is 32.4 Å². The molecule has 2 unspecified atom stereocenters. The van der Waals surface area contributed by atoms with Gasteiger partial charge in [0.1, 0.15) is 0 Å². The molecule has 2 N–H and O–H groups in total. The Morgan fingerprint density at radius 1 is 1.10 bits per heavy atom. The van der Waals surface area contributed by atoms with E-state index in [1.165, 1.54) is 22.3 Å². The maximum Gasteiger partial charge on any atom is 0.0987 e. The van der Waals surface area contributed by atoms with Crippen molar-refractivity contribution in [1.29, 1.82) is 0 Å². The highest BCUT2D eigenvalue weighted by Crippen LogP contribution is 2.35. The van der Waals surface area contributed by atoms with Crippen molar-refractivity contribution in [3.63, 3.8) is 0 Å². The monoisotopic (exact) mass is 267 g/mol. The van der Waals surface area contributed by atoms with Crippen LogP contribution in [0.15, 0.2) is 42.5 Å². The topological polar surface area (TPSA) is 32.3 Å². The van der Waals surface area contributed by atoms with Crippen LogP contribution in [0.1, 0.15) is 40.0 Å². The Balaban J connectivity index is 2.00. The van der Waals surface area contributed by atoms with E-state index in [1.807, 2.05) is 12.1 Å². The largest absolute Gasteiger partial charge is 0.386 e. The molecule has 104 valence electrons. The van der Waals surface area contributed by atoms with E-state index in [1.54, 1.807) is 0 Å². The average molecular weight is 267 g/mol. The van der Waals surface area contributed by atoms with Gasteiger partial charge in [-0.1, -0.05) is 42.5 Å². The number of benzene rings is 2. The van der Waals surface area contributed by atoms with Crippen LogP contribution in [0.2, 0.25) is 0 Å². The predicted molar refractivity (Wildman–Crippen MR) is 81.8 cm³/mol. The van der Waals surface area contributed by atoms with Crippen molar-refractivity contribution < 1.29 is 5.11 Å². The van der Waals surface area contributed by atoms with Gasteiger partial charge >= 0.3 is 0 Å². The standard InChI is InChI=1S/C18H21NO/c1-12-6-5-9-15(13(12)2)18(20)17-16-8-4-3-7-14(16)10-11-19-17/h3-9,17-20H,10-11H2,1-2H3. The molecule has 2 aromatic rings. The van der Waals surface area contributed by atoms with Crippen LogP contribution >= 0.6 is 0 Å². The minimum atomic E-state index is -0.503. The van der Waals surface area contributed by atoms with E-state index in [-0.39, 0.29) is 6.04 Å². The minimum absolute atomic E-state index is 0.0135. The van der Waals surface area contributed by atoms with E-state index >= 15 is 0 Å². The molecule has 1 aliphatic rings. The summed E-state index contributed by atoms with van der Waals surface area (Å²) < 4.78 is 0.